The van der Waals surface area contributed by atoms with Crippen LogP contribution in [0.2, 0.25) is 0 Å². The molecule has 6 heteroatoms. The molecule has 0 fully saturated rings. The van der Waals surface area contributed by atoms with Gasteiger partial charge in [0.25, 0.3) is 5.91 Å². The fourth-order valence-corrected chi connectivity index (χ4v) is 3.15. The van der Waals surface area contributed by atoms with E-state index < -0.39 is 0 Å². The third-order valence-electron chi connectivity index (χ3n) is 3.20. The number of anilines is 1. The van der Waals surface area contributed by atoms with Crippen molar-refractivity contribution in [3.8, 4) is 0 Å². The molecule has 0 bridgehead atoms. The summed E-state index contributed by atoms with van der Waals surface area (Å²) in [6, 6.07) is 5.82. The number of thiophene rings is 1. The fourth-order valence-electron chi connectivity index (χ4n) is 2.13. The van der Waals surface area contributed by atoms with Gasteiger partial charge >= 0.3 is 0 Å². The first kappa shape index (κ1) is 15.4. The van der Waals surface area contributed by atoms with Crippen LogP contribution < -0.4 is 5.32 Å². The zero-order chi connectivity index (χ0) is 15.6. The molecule has 0 saturated carbocycles. The highest BCUT2D eigenvalue weighted by molar-refractivity contribution is 7.12. The van der Waals surface area contributed by atoms with Crippen molar-refractivity contribution in [2.24, 2.45) is 0 Å². The van der Waals surface area contributed by atoms with Crippen molar-refractivity contribution < 1.29 is 4.79 Å². The molecule has 112 valence electrons. The zero-order valence-electron chi connectivity index (χ0n) is 13.0. The molecule has 0 aliphatic rings. The Morgan fingerprint density at radius 1 is 1.29 bits per heavy atom. The lowest BCUT2D eigenvalue weighted by Crippen LogP contribution is -2.23. The topological polar surface area (TPSA) is 58.1 Å². The van der Waals surface area contributed by atoms with Gasteiger partial charge in [-0.1, -0.05) is 0 Å². The van der Waals surface area contributed by atoms with Crippen molar-refractivity contribution in [1.82, 2.24) is 15.1 Å². The number of carbonyl (C=O) groups is 1. The quantitative estimate of drug-likeness (QED) is 0.943. The van der Waals surface area contributed by atoms with Gasteiger partial charge < -0.3 is 10.2 Å². The van der Waals surface area contributed by atoms with Gasteiger partial charge in [-0.05, 0) is 44.5 Å². The van der Waals surface area contributed by atoms with Crippen molar-refractivity contribution in [1.29, 1.82) is 0 Å². The number of nitrogens with zero attached hydrogens (tertiary/aromatic N) is 3. The second-order valence-electron chi connectivity index (χ2n) is 5.24. The first-order valence-electron chi connectivity index (χ1n) is 6.77. The van der Waals surface area contributed by atoms with Gasteiger partial charge in [-0.25, -0.2) is 0 Å². The van der Waals surface area contributed by atoms with E-state index in [4.69, 9.17) is 0 Å². The largest absolute Gasteiger partial charge is 0.362 e. The second-order valence-corrected chi connectivity index (χ2v) is 6.70. The predicted molar refractivity (Wildman–Crippen MR) is 85.9 cm³/mol. The first-order chi connectivity index (χ1) is 9.88. The van der Waals surface area contributed by atoms with Crippen molar-refractivity contribution in [2.45, 2.75) is 26.8 Å². The summed E-state index contributed by atoms with van der Waals surface area (Å²) in [7, 11) is 3.39. The maximum absolute atomic E-state index is 11.8. The minimum atomic E-state index is -0.147. The number of aryl methyl sites for hydroxylation is 2. The molecule has 2 heterocycles. The molecule has 0 spiro atoms. The van der Waals surface area contributed by atoms with E-state index in [2.05, 4.69) is 42.4 Å². The van der Waals surface area contributed by atoms with Crippen LogP contribution in [0.25, 0.3) is 0 Å². The summed E-state index contributed by atoms with van der Waals surface area (Å²) in [5, 5.41) is 11.4. The number of hydrogen-bond donors (Lipinski definition) is 1. The molecule has 2 aromatic heterocycles. The van der Waals surface area contributed by atoms with Gasteiger partial charge in [0.05, 0.1) is 6.04 Å². The third-order valence-corrected chi connectivity index (χ3v) is 4.18. The maximum atomic E-state index is 11.8. The Hall–Kier alpha value is -1.95. The van der Waals surface area contributed by atoms with Gasteiger partial charge in [0.2, 0.25) is 0 Å². The van der Waals surface area contributed by atoms with E-state index in [0.29, 0.717) is 11.5 Å². The van der Waals surface area contributed by atoms with Crippen molar-refractivity contribution in [2.75, 3.05) is 19.4 Å². The molecular formula is C15H20N4OS. The number of amides is 1. The summed E-state index contributed by atoms with van der Waals surface area (Å²) in [6.07, 6.45) is 0. The van der Waals surface area contributed by atoms with Gasteiger partial charge in [0.15, 0.2) is 5.69 Å². The zero-order valence-corrected chi connectivity index (χ0v) is 13.8. The van der Waals surface area contributed by atoms with Gasteiger partial charge in [0.1, 0.15) is 5.82 Å². The average molecular weight is 304 g/mol. The van der Waals surface area contributed by atoms with Crippen LogP contribution in [0, 0.1) is 13.8 Å². The molecule has 0 aliphatic carbocycles. The van der Waals surface area contributed by atoms with Crippen molar-refractivity contribution >= 4 is 23.1 Å². The average Bonchev–Trinajstić information content (AvgIpc) is 2.77. The van der Waals surface area contributed by atoms with Crippen LogP contribution in [0.3, 0.4) is 0 Å². The minimum Gasteiger partial charge on any atom is -0.362 e. The summed E-state index contributed by atoms with van der Waals surface area (Å²) in [6.45, 7) is 6.32. The molecule has 0 saturated heterocycles. The molecular weight excluding hydrogens is 284 g/mol. The van der Waals surface area contributed by atoms with Crippen LogP contribution in [-0.2, 0) is 0 Å². The van der Waals surface area contributed by atoms with E-state index in [9.17, 15) is 4.79 Å². The molecule has 1 amide bonds. The van der Waals surface area contributed by atoms with E-state index in [-0.39, 0.29) is 11.9 Å². The second kappa shape index (κ2) is 6.22. The lowest BCUT2D eigenvalue weighted by atomic mass is 10.1. The number of hydrogen-bond acceptors (Lipinski definition) is 5. The van der Waals surface area contributed by atoms with Crippen LogP contribution in [0.5, 0.6) is 0 Å². The number of rotatable bonds is 4. The van der Waals surface area contributed by atoms with Gasteiger partial charge in [-0.15, -0.1) is 21.5 Å². The summed E-state index contributed by atoms with van der Waals surface area (Å²) in [5.74, 6) is 0.521. The first-order valence-corrected chi connectivity index (χ1v) is 7.59. The predicted octanol–water partition coefficient (Wildman–Crippen LogP) is 3.03. The Balaban J connectivity index is 2.10. The van der Waals surface area contributed by atoms with Gasteiger partial charge in [-0.3, -0.25) is 4.79 Å². The van der Waals surface area contributed by atoms with Gasteiger partial charge in [-0.2, -0.15) is 0 Å². The van der Waals surface area contributed by atoms with Crippen molar-refractivity contribution in [3.05, 3.63) is 39.2 Å². The molecule has 1 unspecified atom stereocenters. The Kier molecular flexibility index (Phi) is 4.57. The molecule has 2 rings (SSSR count). The summed E-state index contributed by atoms with van der Waals surface area (Å²) in [4.78, 5) is 15.8. The van der Waals surface area contributed by atoms with E-state index in [1.807, 2.05) is 0 Å². The summed E-state index contributed by atoms with van der Waals surface area (Å²) in [5.41, 5.74) is 1.62. The molecule has 0 aromatic carbocycles. The van der Waals surface area contributed by atoms with Crippen molar-refractivity contribution in [3.63, 3.8) is 0 Å². The molecule has 5 nitrogen and oxygen atoms in total. The highest BCUT2D eigenvalue weighted by Gasteiger charge is 2.13. The normalized spacial score (nSPS) is 12.0. The van der Waals surface area contributed by atoms with Crippen LogP contribution >= 0.6 is 11.3 Å². The smallest absolute Gasteiger partial charge is 0.273 e. The molecule has 1 atom stereocenters. The standard InChI is InChI=1S/C15H20N4OS/c1-9-8-12(11(3)21-9)10(2)16-14-7-6-13(17-18-14)15(20)19(4)5/h6-8,10H,1-5H3,(H,16,18). The van der Waals surface area contributed by atoms with E-state index in [1.54, 1.807) is 37.6 Å². The lowest BCUT2D eigenvalue weighted by Gasteiger charge is -2.14. The van der Waals surface area contributed by atoms with E-state index in [0.717, 1.165) is 0 Å². The molecule has 1 N–H and O–H groups in total. The fraction of sp³-hybridized carbons (Fsp3) is 0.400. The van der Waals surface area contributed by atoms with Crippen LogP contribution in [0.1, 0.15) is 38.8 Å². The Morgan fingerprint density at radius 3 is 2.48 bits per heavy atom. The van der Waals surface area contributed by atoms with Crippen LogP contribution in [0.4, 0.5) is 5.82 Å². The van der Waals surface area contributed by atoms with Crippen LogP contribution in [0.15, 0.2) is 18.2 Å². The number of nitrogens with one attached hydrogen (secondary N) is 1. The Bertz CT molecular complexity index is 634. The molecule has 21 heavy (non-hydrogen) atoms. The summed E-state index contributed by atoms with van der Waals surface area (Å²) >= 11 is 1.79. The lowest BCUT2D eigenvalue weighted by molar-refractivity contribution is 0.0821. The highest BCUT2D eigenvalue weighted by atomic mass is 32.1. The number of carbonyl (C=O) groups excluding carboxylic acids is 1. The Morgan fingerprint density at radius 2 is 2.00 bits per heavy atom. The monoisotopic (exact) mass is 304 g/mol. The SMILES string of the molecule is Cc1cc(C(C)Nc2ccc(C(=O)N(C)C)nn2)c(C)s1. The Labute approximate surface area is 129 Å². The van der Waals surface area contributed by atoms with E-state index in [1.165, 1.54) is 20.2 Å². The molecule has 2 aromatic rings. The minimum absolute atomic E-state index is 0.147. The van der Waals surface area contributed by atoms with Crippen LogP contribution in [-0.4, -0.2) is 35.1 Å². The van der Waals surface area contributed by atoms with E-state index >= 15 is 0 Å². The highest BCUT2D eigenvalue weighted by Crippen LogP contribution is 2.27. The maximum Gasteiger partial charge on any atom is 0.273 e. The molecule has 0 aliphatic heterocycles. The number of aromatic nitrogens is 2. The van der Waals surface area contributed by atoms with Gasteiger partial charge in [0, 0.05) is 23.8 Å². The summed E-state index contributed by atoms with van der Waals surface area (Å²) < 4.78 is 0. The molecule has 0 radical (unpaired) electrons. The third kappa shape index (κ3) is 3.58.